The Morgan fingerprint density at radius 3 is 2.61 bits per heavy atom. The van der Waals surface area contributed by atoms with E-state index in [4.69, 9.17) is 9.84 Å². The van der Waals surface area contributed by atoms with Gasteiger partial charge in [0.1, 0.15) is 29.7 Å². The summed E-state index contributed by atoms with van der Waals surface area (Å²) in [5.41, 5.74) is 1.19. The number of alkyl halides is 3. The van der Waals surface area contributed by atoms with Crippen LogP contribution in [0.2, 0.25) is 0 Å². The second kappa shape index (κ2) is 8.51. The van der Waals surface area contributed by atoms with Crippen molar-refractivity contribution in [1.29, 1.82) is 0 Å². The molecule has 0 fully saturated rings. The monoisotopic (exact) mass is 478 g/mol. The van der Waals surface area contributed by atoms with E-state index in [-0.39, 0.29) is 18.7 Å². The van der Waals surface area contributed by atoms with Crippen molar-refractivity contribution in [3.05, 3.63) is 70.1 Å². The summed E-state index contributed by atoms with van der Waals surface area (Å²) in [4.78, 5) is 16.1. The number of hydrogen-bond donors (Lipinski definition) is 1. The van der Waals surface area contributed by atoms with Crippen molar-refractivity contribution in [2.45, 2.75) is 33.2 Å². The zero-order valence-corrected chi connectivity index (χ0v) is 18.4. The topological polar surface area (TPSA) is 64.4 Å². The van der Waals surface area contributed by atoms with E-state index in [0.29, 0.717) is 22.5 Å². The number of hydrogen-bond acceptors (Lipinski definition) is 4. The van der Waals surface area contributed by atoms with Gasteiger partial charge in [-0.05, 0) is 49.7 Å². The summed E-state index contributed by atoms with van der Waals surface area (Å²) < 4.78 is 60.0. The molecule has 2 heterocycles. The fourth-order valence-corrected chi connectivity index (χ4v) is 4.44. The van der Waals surface area contributed by atoms with E-state index in [9.17, 15) is 22.4 Å². The van der Waals surface area contributed by atoms with Gasteiger partial charge >= 0.3 is 12.1 Å². The number of ether oxygens (including phenoxy) is 1. The lowest BCUT2D eigenvalue weighted by atomic mass is 10.1. The lowest BCUT2D eigenvalue weighted by Crippen LogP contribution is -2.07. The molecular weight excluding hydrogens is 460 g/mol. The predicted molar refractivity (Wildman–Crippen MR) is 116 cm³/mol. The van der Waals surface area contributed by atoms with Gasteiger partial charge in [0.05, 0.1) is 16.1 Å². The van der Waals surface area contributed by atoms with Crippen molar-refractivity contribution in [2.75, 3.05) is 0 Å². The third kappa shape index (κ3) is 4.70. The number of carbonyl (C=O) groups is 1. The maximum Gasteiger partial charge on any atom is 0.419 e. The molecule has 2 aromatic carbocycles. The summed E-state index contributed by atoms with van der Waals surface area (Å²) in [7, 11) is 0. The third-order valence-electron chi connectivity index (χ3n) is 5.15. The molecule has 4 aromatic rings. The second-order valence-corrected chi connectivity index (χ2v) is 8.61. The van der Waals surface area contributed by atoms with Crippen LogP contribution in [0.4, 0.5) is 17.6 Å². The first-order valence-corrected chi connectivity index (χ1v) is 10.6. The summed E-state index contributed by atoms with van der Waals surface area (Å²) in [6.07, 6.45) is -3.06. The van der Waals surface area contributed by atoms with Crippen molar-refractivity contribution in [2.24, 2.45) is 0 Å². The summed E-state index contributed by atoms with van der Waals surface area (Å²) in [5.74, 6) is -1.66. The number of benzene rings is 2. The standard InChI is InChI=1S/C23H18F4N2O3S/c1-12-7-18-14(5-6-29(18)10-21(30)31)9-19(12)32-11-20-13(2)28-22(33-20)15-3-4-16(17(24)8-15)23(25,26)27/h3-9H,10-11H2,1-2H3,(H,30,31). The molecule has 0 saturated heterocycles. The van der Waals surface area contributed by atoms with Crippen molar-refractivity contribution in [1.82, 2.24) is 9.55 Å². The molecule has 0 aliphatic heterocycles. The molecule has 0 aliphatic carbocycles. The van der Waals surface area contributed by atoms with Crippen LogP contribution < -0.4 is 4.74 Å². The Labute approximate surface area is 189 Å². The number of rotatable bonds is 6. The normalized spacial score (nSPS) is 11.8. The van der Waals surface area contributed by atoms with Crippen LogP contribution in [0.3, 0.4) is 0 Å². The molecule has 0 bridgehead atoms. The molecule has 0 saturated carbocycles. The number of aryl methyl sites for hydroxylation is 2. The number of halogens is 4. The van der Waals surface area contributed by atoms with Gasteiger partial charge in [0.2, 0.25) is 0 Å². The van der Waals surface area contributed by atoms with Crippen LogP contribution in [0, 0.1) is 19.7 Å². The highest BCUT2D eigenvalue weighted by Gasteiger charge is 2.34. The Morgan fingerprint density at radius 2 is 1.94 bits per heavy atom. The van der Waals surface area contributed by atoms with Gasteiger partial charge in [0.25, 0.3) is 0 Å². The average molecular weight is 478 g/mol. The maximum absolute atomic E-state index is 14.0. The van der Waals surface area contributed by atoms with Crippen LogP contribution in [0.15, 0.2) is 42.6 Å². The summed E-state index contributed by atoms with van der Waals surface area (Å²) in [6, 6.07) is 8.24. The fraction of sp³-hybridized carbons (Fsp3) is 0.217. The zero-order chi connectivity index (χ0) is 23.9. The number of thiazole rings is 1. The number of aromatic nitrogens is 2. The Kier molecular flexibility index (Phi) is 5.87. The van der Waals surface area contributed by atoms with E-state index in [2.05, 4.69) is 4.98 Å². The van der Waals surface area contributed by atoms with Gasteiger partial charge < -0.3 is 14.4 Å². The van der Waals surface area contributed by atoms with E-state index >= 15 is 0 Å². The average Bonchev–Trinajstić information content (AvgIpc) is 3.28. The lowest BCUT2D eigenvalue weighted by molar-refractivity contribution is -0.140. The first-order valence-electron chi connectivity index (χ1n) is 9.80. The van der Waals surface area contributed by atoms with E-state index in [1.807, 2.05) is 19.1 Å². The lowest BCUT2D eigenvalue weighted by Gasteiger charge is -2.10. The third-order valence-corrected chi connectivity index (χ3v) is 6.33. The second-order valence-electron chi connectivity index (χ2n) is 7.52. The molecule has 0 aliphatic rings. The van der Waals surface area contributed by atoms with Crippen molar-refractivity contribution < 1.29 is 32.2 Å². The first kappa shape index (κ1) is 22.8. The largest absolute Gasteiger partial charge is 0.488 e. The minimum absolute atomic E-state index is 0.142. The predicted octanol–water partition coefficient (Wildman–Crippen LogP) is 6.20. The molecule has 0 amide bonds. The van der Waals surface area contributed by atoms with Gasteiger partial charge in [-0.15, -0.1) is 11.3 Å². The summed E-state index contributed by atoms with van der Waals surface area (Å²) in [6.45, 7) is 3.63. The number of carboxylic acids is 1. The van der Waals surface area contributed by atoms with E-state index in [1.54, 1.807) is 23.8 Å². The van der Waals surface area contributed by atoms with E-state index in [0.717, 1.165) is 27.4 Å². The van der Waals surface area contributed by atoms with Crippen LogP contribution in [0.1, 0.15) is 21.7 Å². The number of nitrogens with zero attached hydrogens (tertiary/aromatic N) is 2. The van der Waals surface area contributed by atoms with Crippen LogP contribution >= 0.6 is 11.3 Å². The molecule has 2 aromatic heterocycles. The minimum Gasteiger partial charge on any atom is -0.488 e. The highest BCUT2D eigenvalue weighted by Crippen LogP contribution is 2.35. The Balaban J connectivity index is 1.54. The van der Waals surface area contributed by atoms with Gasteiger partial charge in [0.15, 0.2) is 0 Å². The minimum atomic E-state index is -4.76. The van der Waals surface area contributed by atoms with Crippen LogP contribution in [0.25, 0.3) is 21.5 Å². The van der Waals surface area contributed by atoms with Gasteiger partial charge in [-0.25, -0.2) is 9.37 Å². The molecule has 1 N–H and O–H groups in total. The molecular formula is C23H18F4N2O3S. The summed E-state index contributed by atoms with van der Waals surface area (Å²) >= 11 is 1.22. The Bertz CT molecular complexity index is 1360. The molecule has 10 heteroatoms. The van der Waals surface area contributed by atoms with Gasteiger partial charge in [-0.2, -0.15) is 13.2 Å². The number of carboxylic acid groups (broad SMARTS) is 1. The van der Waals surface area contributed by atoms with Crippen molar-refractivity contribution in [3.63, 3.8) is 0 Å². The first-order chi connectivity index (χ1) is 15.5. The Hall–Kier alpha value is -3.40. The van der Waals surface area contributed by atoms with E-state index in [1.165, 1.54) is 17.4 Å². The highest BCUT2D eigenvalue weighted by atomic mass is 32.1. The number of aliphatic carboxylic acids is 1. The fourth-order valence-electron chi connectivity index (χ4n) is 3.47. The quantitative estimate of drug-likeness (QED) is 0.335. The molecule has 0 atom stereocenters. The SMILES string of the molecule is Cc1cc2c(ccn2CC(=O)O)cc1OCc1sc(-c2ccc(C(F)(F)F)c(F)c2)nc1C. The molecule has 33 heavy (non-hydrogen) atoms. The summed E-state index contributed by atoms with van der Waals surface area (Å²) in [5, 5.41) is 10.3. The Morgan fingerprint density at radius 1 is 1.18 bits per heavy atom. The number of fused-ring (bicyclic) bond motifs is 1. The van der Waals surface area contributed by atoms with Crippen molar-refractivity contribution in [3.8, 4) is 16.3 Å². The van der Waals surface area contributed by atoms with Crippen LogP contribution in [-0.2, 0) is 24.1 Å². The molecule has 0 spiro atoms. The molecule has 5 nitrogen and oxygen atoms in total. The molecule has 172 valence electrons. The van der Waals surface area contributed by atoms with E-state index < -0.39 is 23.5 Å². The van der Waals surface area contributed by atoms with Gasteiger partial charge in [0, 0.05) is 22.7 Å². The highest BCUT2D eigenvalue weighted by molar-refractivity contribution is 7.15. The molecule has 4 rings (SSSR count). The van der Waals surface area contributed by atoms with Crippen LogP contribution in [-0.4, -0.2) is 20.6 Å². The smallest absolute Gasteiger partial charge is 0.419 e. The molecule has 0 radical (unpaired) electrons. The van der Waals surface area contributed by atoms with Gasteiger partial charge in [-0.3, -0.25) is 4.79 Å². The zero-order valence-electron chi connectivity index (χ0n) is 17.5. The van der Waals surface area contributed by atoms with Gasteiger partial charge in [-0.1, -0.05) is 6.07 Å². The van der Waals surface area contributed by atoms with Crippen LogP contribution in [0.5, 0.6) is 5.75 Å². The maximum atomic E-state index is 14.0. The van der Waals surface area contributed by atoms with Crippen molar-refractivity contribution >= 4 is 28.2 Å². The molecule has 0 unspecified atom stereocenters.